The molecule has 0 saturated carbocycles. The van der Waals surface area contributed by atoms with E-state index in [9.17, 15) is 0 Å². The van der Waals surface area contributed by atoms with Gasteiger partial charge in [0.1, 0.15) is 0 Å². The van der Waals surface area contributed by atoms with Crippen molar-refractivity contribution in [3.63, 3.8) is 0 Å². The van der Waals surface area contributed by atoms with E-state index in [4.69, 9.17) is 9.73 Å². The van der Waals surface area contributed by atoms with Crippen LogP contribution in [0, 0.1) is 6.92 Å². The van der Waals surface area contributed by atoms with Gasteiger partial charge < -0.3 is 20.3 Å². The molecule has 1 aliphatic rings. The van der Waals surface area contributed by atoms with Gasteiger partial charge in [0.15, 0.2) is 5.96 Å². The molecule has 1 aromatic carbocycles. The van der Waals surface area contributed by atoms with E-state index in [0.29, 0.717) is 6.04 Å². The van der Waals surface area contributed by atoms with E-state index >= 15 is 0 Å². The van der Waals surface area contributed by atoms with E-state index in [1.807, 2.05) is 0 Å². The fourth-order valence-corrected chi connectivity index (χ4v) is 3.11. The minimum atomic E-state index is 0. The van der Waals surface area contributed by atoms with Gasteiger partial charge in [0.25, 0.3) is 0 Å². The predicted molar refractivity (Wildman–Crippen MR) is 122 cm³/mol. The molecular formula is C20H35IN4O. The van der Waals surface area contributed by atoms with Crippen LogP contribution in [-0.4, -0.2) is 51.9 Å². The number of nitrogens with one attached hydrogen (secondary N) is 2. The lowest BCUT2D eigenvalue weighted by Crippen LogP contribution is -2.44. The SMILES string of the molecule is CCNC(=NCCCCCOC)NC1CCN(c2ccc(C)cc2)C1.I. The third kappa shape index (κ3) is 8.12. The number of aliphatic imine (C=N–C) groups is 1. The molecule has 2 N–H and O–H groups in total. The van der Waals surface area contributed by atoms with Crippen LogP contribution in [0.4, 0.5) is 5.69 Å². The van der Waals surface area contributed by atoms with Crippen molar-refractivity contribution in [1.82, 2.24) is 10.6 Å². The van der Waals surface area contributed by atoms with Crippen LogP contribution in [0.1, 0.15) is 38.2 Å². The van der Waals surface area contributed by atoms with Crippen LogP contribution in [-0.2, 0) is 4.74 Å². The van der Waals surface area contributed by atoms with Crippen molar-refractivity contribution >= 4 is 35.6 Å². The van der Waals surface area contributed by atoms with Gasteiger partial charge in [0.05, 0.1) is 0 Å². The van der Waals surface area contributed by atoms with Crippen molar-refractivity contribution in [2.45, 2.75) is 45.6 Å². The molecule has 6 heteroatoms. The van der Waals surface area contributed by atoms with Crippen molar-refractivity contribution < 1.29 is 4.74 Å². The zero-order valence-electron chi connectivity index (χ0n) is 16.5. The summed E-state index contributed by atoms with van der Waals surface area (Å²) in [7, 11) is 1.76. The second kappa shape index (κ2) is 13.2. The van der Waals surface area contributed by atoms with Crippen LogP contribution in [0.15, 0.2) is 29.3 Å². The number of rotatable bonds is 9. The molecular weight excluding hydrogens is 439 g/mol. The number of ether oxygens (including phenoxy) is 1. The molecule has 5 nitrogen and oxygen atoms in total. The Bertz CT molecular complexity index is 521. The molecule has 0 bridgehead atoms. The number of aryl methyl sites for hydroxylation is 1. The smallest absolute Gasteiger partial charge is 0.191 e. The minimum Gasteiger partial charge on any atom is -0.385 e. The van der Waals surface area contributed by atoms with E-state index in [0.717, 1.165) is 58.0 Å². The average Bonchev–Trinajstić information content (AvgIpc) is 3.07. The molecule has 1 saturated heterocycles. The molecule has 148 valence electrons. The van der Waals surface area contributed by atoms with Gasteiger partial charge in [0.2, 0.25) is 0 Å². The summed E-state index contributed by atoms with van der Waals surface area (Å²) in [6, 6.07) is 9.26. The first kappa shape index (κ1) is 23.0. The molecule has 1 unspecified atom stereocenters. The molecule has 26 heavy (non-hydrogen) atoms. The highest BCUT2D eigenvalue weighted by molar-refractivity contribution is 14.0. The number of unbranched alkanes of at least 4 members (excludes halogenated alkanes) is 2. The lowest BCUT2D eigenvalue weighted by Gasteiger charge is -2.20. The van der Waals surface area contributed by atoms with Crippen LogP contribution >= 0.6 is 24.0 Å². The first-order valence-electron chi connectivity index (χ1n) is 9.58. The minimum absolute atomic E-state index is 0. The van der Waals surface area contributed by atoms with Crippen LogP contribution in [0.25, 0.3) is 0 Å². The number of halogens is 1. The normalized spacial score (nSPS) is 17.1. The van der Waals surface area contributed by atoms with Gasteiger partial charge in [-0.2, -0.15) is 0 Å². The Morgan fingerprint density at radius 1 is 1.23 bits per heavy atom. The number of nitrogens with zero attached hydrogens (tertiary/aromatic N) is 2. The van der Waals surface area contributed by atoms with E-state index in [1.54, 1.807) is 7.11 Å². The average molecular weight is 474 g/mol. The van der Waals surface area contributed by atoms with Gasteiger partial charge in [-0.3, -0.25) is 4.99 Å². The molecule has 0 radical (unpaired) electrons. The Morgan fingerprint density at radius 3 is 2.69 bits per heavy atom. The van der Waals surface area contributed by atoms with Gasteiger partial charge in [-0.15, -0.1) is 24.0 Å². The fraction of sp³-hybridized carbons (Fsp3) is 0.650. The molecule has 1 atom stereocenters. The quantitative estimate of drug-likeness (QED) is 0.249. The van der Waals surface area contributed by atoms with Crippen LogP contribution in [0.5, 0.6) is 0 Å². The van der Waals surface area contributed by atoms with E-state index in [-0.39, 0.29) is 24.0 Å². The summed E-state index contributed by atoms with van der Waals surface area (Å²) in [6.07, 6.45) is 4.54. The second-order valence-corrected chi connectivity index (χ2v) is 6.73. The maximum Gasteiger partial charge on any atom is 0.191 e. The molecule has 0 amide bonds. The lowest BCUT2D eigenvalue weighted by atomic mass is 10.2. The van der Waals surface area contributed by atoms with Crippen LogP contribution in [0.2, 0.25) is 0 Å². The van der Waals surface area contributed by atoms with Gasteiger partial charge in [0, 0.05) is 51.6 Å². The third-order valence-corrected chi connectivity index (χ3v) is 4.55. The Kier molecular flexibility index (Phi) is 11.7. The largest absolute Gasteiger partial charge is 0.385 e. The Morgan fingerprint density at radius 2 is 2.00 bits per heavy atom. The molecule has 0 aromatic heterocycles. The van der Waals surface area contributed by atoms with Crippen LogP contribution in [0.3, 0.4) is 0 Å². The topological polar surface area (TPSA) is 48.9 Å². The second-order valence-electron chi connectivity index (χ2n) is 6.73. The van der Waals surface area contributed by atoms with E-state index < -0.39 is 0 Å². The van der Waals surface area contributed by atoms with Crippen molar-refractivity contribution in [1.29, 1.82) is 0 Å². The first-order valence-corrected chi connectivity index (χ1v) is 9.58. The Balaban J connectivity index is 0.00000338. The highest BCUT2D eigenvalue weighted by atomic mass is 127. The summed E-state index contributed by atoms with van der Waals surface area (Å²) in [4.78, 5) is 7.17. The van der Waals surface area contributed by atoms with Crippen molar-refractivity contribution in [2.75, 3.05) is 44.8 Å². The number of hydrogen-bond donors (Lipinski definition) is 2. The highest BCUT2D eigenvalue weighted by Gasteiger charge is 2.23. The zero-order valence-corrected chi connectivity index (χ0v) is 18.8. The highest BCUT2D eigenvalue weighted by Crippen LogP contribution is 2.20. The monoisotopic (exact) mass is 474 g/mol. The Hall–Kier alpha value is -1.02. The van der Waals surface area contributed by atoms with Gasteiger partial charge in [-0.05, 0) is 51.7 Å². The first-order chi connectivity index (χ1) is 12.2. The standard InChI is InChI=1S/C20H34N4O.HI/c1-4-21-20(22-13-6-5-7-15-25-3)23-18-12-14-24(16-18)19-10-8-17(2)9-11-19;/h8-11,18H,4-7,12-16H2,1-3H3,(H2,21,22,23);1H. The fourth-order valence-electron chi connectivity index (χ4n) is 3.11. The Labute approximate surface area is 176 Å². The maximum atomic E-state index is 5.08. The molecule has 0 spiro atoms. The summed E-state index contributed by atoms with van der Waals surface area (Å²) >= 11 is 0. The van der Waals surface area contributed by atoms with Gasteiger partial charge in [-0.25, -0.2) is 0 Å². The van der Waals surface area contributed by atoms with Crippen molar-refractivity contribution in [3.8, 4) is 0 Å². The zero-order chi connectivity index (χ0) is 17.9. The summed E-state index contributed by atoms with van der Waals surface area (Å²) in [5.41, 5.74) is 2.62. The number of benzene rings is 1. The molecule has 1 heterocycles. The molecule has 1 fully saturated rings. The van der Waals surface area contributed by atoms with E-state index in [1.165, 1.54) is 17.7 Å². The lowest BCUT2D eigenvalue weighted by molar-refractivity contribution is 0.192. The third-order valence-electron chi connectivity index (χ3n) is 4.55. The summed E-state index contributed by atoms with van der Waals surface area (Å²) < 4.78 is 5.08. The van der Waals surface area contributed by atoms with E-state index in [2.05, 4.69) is 53.6 Å². The van der Waals surface area contributed by atoms with Crippen LogP contribution < -0.4 is 15.5 Å². The van der Waals surface area contributed by atoms with Crippen molar-refractivity contribution in [2.24, 2.45) is 4.99 Å². The maximum absolute atomic E-state index is 5.08. The summed E-state index contributed by atoms with van der Waals surface area (Å²) in [5.74, 6) is 0.949. The van der Waals surface area contributed by atoms with Gasteiger partial charge >= 0.3 is 0 Å². The van der Waals surface area contributed by atoms with Gasteiger partial charge in [-0.1, -0.05) is 17.7 Å². The van der Waals surface area contributed by atoms with Crippen molar-refractivity contribution in [3.05, 3.63) is 29.8 Å². The number of hydrogen-bond acceptors (Lipinski definition) is 3. The number of methoxy groups -OCH3 is 1. The summed E-state index contributed by atoms with van der Waals surface area (Å²) in [6.45, 7) is 8.98. The number of anilines is 1. The molecule has 0 aliphatic carbocycles. The molecule has 1 aliphatic heterocycles. The predicted octanol–water partition coefficient (Wildman–Crippen LogP) is 3.56. The molecule has 1 aromatic rings. The number of guanidine groups is 1. The molecule has 2 rings (SSSR count). The summed E-state index contributed by atoms with van der Waals surface area (Å²) in [5, 5.41) is 6.97.